The van der Waals surface area contributed by atoms with Gasteiger partial charge in [0.25, 0.3) is 0 Å². The molecule has 0 N–H and O–H groups in total. The van der Waals surface area contributed by atoms with Crippen LogP contribution in [0, 0.1) is 70.5 Å². The van der Waals surface area contributed by atoms with Crippen molar-refractivity contribution in [3.8, 4) is 0 Å². The van der Waals surface area contributed by atoms with Gasteiger partial charge in [0.05, 0.1) is 5.56 Å². The first-order valence-corrected chi connectivity index (χ1v) is 17.1. The normalized spacial score (nSPS) is 46.7. The lowest BCUT2D eigenvalue weighted by molar-refractivity contribution is -0.204. The third-order valence-corrected chi connectivity index (χ3v) is 15.2. The van der Waals surface area contributed by atoms with E-state index in [1.807, 2.05) is 24.6 Å². The first-order valence-electron chi connectivity index (χ1n) is 17.1. The Morgan fingerprint density at radius 3 is 2.32 bits per heavy atom. The van der Waals surface area contributed by atoms with Gasteiger partial charge in [-0.15, -0.1) is 0 Å². The van der Waals surface area contributed by atoms with E-state index in [9.17, 15) is 4.79 Å². The van der Waals surface area contributed by atoms with Gasteiger partial charge in [-0.3, -0.25) is 0 Å². The zero-order valence-corrected chi connectivity index (χ0v) is 28.0. The Labute approximate surface area is 251 Å². The molecule has 5 aliphatic rings. The minimum absolute atomic E-state index is 0.0254. The molecule has 0 saturated heterocycles. The molecule has 2 nitrogen and oxygen atoms in total. The van der Waals surface area contributed by atoms with Crippen molar-refractivity contribution in [2.24, 2.45) is 56.7 Å². The van der Waals surface area contributed by atoms with Crippen LogP contribution in [0.3, 0.4) is 0 Å². The molecule has 1 aromatic rings. The summed E-state index contributed by atoms with van der Waals surface area (Å²) in [6, 6.07) is 6.12. The fourth-order valence-electron chi connectivity index (χ4n) is 12.2. The van der Waals surface area contributed by atoms with E-state index >= 15 is 0 Å². The summed E-state index contributed by atoms with van der Waals surface area (Å²) in [5.41, 5.74) is 6.08. The Kier molecular flexibility index (Phi) is 6.81. The number of benzene rings is 1. The molecule has 6 rings (SSSR count). The van der Waals surface area contributed by atoms with Crippen molar-refractivity contribution in [2.45, 2.75) is 133 Å². The number of carbonyl (C=O) groups excluding carboxylic acids is 1. The van der Waals surface area contributed by atoms with Crippen LogP contribution in [0.25, 0.3) is 0 Å². The maximum absolute atomic E-state index is 13.5. The number of carbonyl (C=O) groups is 1. The van der Waals surface area contributed by atoms with Gasteiger partial charge in [-0.25, -0.2) is 4.79 Å². The predicted octanol–water partition coefficient (Wildman–Crippen LogP) is 10.5. The molecule has 10 atom stereocenters. The van der Waals surface area contributed by atoms with E-state index < -0.39 is 0 Å². The number of esters is 1. The highest BCUT2D eigenvalue weighted by atomic mass is 16.5. The molecule has 0 radical (unpaired) electrons. The van der Waals surface area contributed by atoms with Crippen LogP contribution in [-0.4, -0.2) is 12.1 Å². The van der Waals surface area contributed by atoms with Crippen molar-refractivity contribution in [3.63, 3.8) is 0 Å². The summed E-state index contributed by atoms with van der Waals surface area (Å²) in [7, 11) is 0. The van der Waals surface area contributed by atoms with Gasteiger partial charge in [0.15, 0.2) is 0 Å². The Balaban J connectivity index is 1.30. The summed E-state index contributed by atoms with van der Waals surface area (Å²) in [5.74, 6) is 3.50. The van der Waals surface area contributed by atoms with Crippen molar-refractivity contribution in [1.82, 2.24) is 0 Å². The summed E-state index contributed by atoms with van der Waals surface area (Å²) in [6.07, 6.45) is 14.3. The monoisotopic (exact) mass is 558 g/mol. The maximum atomic E-state index is 13.5. The van der Waals surface area contributed by atoms with Crippen molar-refractivity contribution < 1.29 is 9.53 Å². The molecule has 0 amide bonds. The van der Waals surface area contributed by atoms with E-state index in [1.165, 1.54) is 51.4 Å². The summed E-state index contributed by atoms with van der Waals surface area (Å²) in [4.78, 5) is 13.5. The Bertz CT molecular complexity index is 1260. The number of rotatable bonds is 2. The second-order valence-corrected chi connectivity index (χ2v) is 17.4. The first kappa shape index (κ1) is 29.5. The number of allylic oxidation sites excluding steroid dienone is 2. The molecule has 1 aromatic carbocycles. The topological polar surface area (TPSA) is 26.3 Å². The third-order valence-electron chi connectivity index (χ3n) is 15.2. The van der Waals surface area contributed by atoms with E-state index in [1.54, 1.807) is 0 Å². The molecule has 0 aromatic heterocycles. The molecule has 0 heterocycles. The minimum atomic E-state index is -0.132. The zero-order valence-electron chi connectivity index (χ0n) is 28.0. The lowest BCUT2D eigenvalue weighted by Crippen LogP contribution is -2.65. The largest absolute Gasteiger partial charge is 0.458 e. The molecular weight excluding hydrogens is 500 g/mol. The number of aryl methyl sites for hydroxylation is 2. The highest BCUT2D eigenvalue weighted by molar-refractivity contribution is 5.91. The lowest BCUT2D eigenvalue weighted by Gasteiger charge is -2.71. The molecule has 2 heteroatoms. The van der Waals surface area contributed by atoms with Crippen LogP contribution in [0.15, 0.2) is 29.8 Å². The quantitative estimate of drug-likeness (QED) is 0.266. The SMILES string of the molecule is Cc1ccc(C)c(C(=O)O[C@H]2CC[C@]3(C)[C@H]4CC=C5[C@@H]6[C@@H](C)[C@H](C)CC[C@]6(C)CC[C@@]5(C)[C@]4(C)CC[C@H]3C2(C)C)c1. The molecule has 5 aliphatic carbocycles. The molecule has 41 heavy (non-hydrogen) atoms. The Morgan fingerprint density at radius 1 is 0.854 bits per heavy atom. The highest BCUT2D eigenvalue weighted by Gasteiger charge is 2.68. The zero-order chi connectivity index (χ0) is 29.8. The van der Waals surface area contributed by atoms with Gasteiger partial charge in [-0.2, -0.15) is 0 Å². The smallest absolute Gasteiger partial charge is 0.338 e. The van der Waals surface area contributed by atoms with Crippen molar-refractivity contribution in [3.05, 3.63) is 46.5 Å². The van der Waals surface area contributed by atoms with Crippen LogP contribution in [0.4, 0.5) is 0 Å². The van der Waals surface area contributed by atoms with Crippen LogP contribution in [-0.2, 0) is 4.74 Å². The summed E-state index contributed by atoms with van der Waals surface area (Å²) in [6.45, 7) is 24.7. The molecule has 0 spiro atoms. The van der Waals surface area contributed by atoms with Crippen molar-refractivity contribution in [1.29, 1.82) is 0 Å². The molecular formula is C39H58O2. The number of fused-ring (bicyclic) bond motifs is 7. The van der Waals surface area contributed by atoms with Gasteiger partial charge in [-0.05, 0) is 135 Å². The summed E-state index contributed by atoms with van der Waals surface area (Å²) < 4.78 is 6.43. The lowest BCUT2D eigenvalue weighted by atomic mass is 9.33. The van der Waals surface area contributed by atoms with E-state index in [4.69, 9.17) is 4.74 Å². The number of hydrogen-bond acceptors (Lipinski definition) is 2. The molecule has 0 unspecified atom stereocenters. The van der Waals surface area contributed by atoms with Crippen molar-refractivity contribution >= 4 is 5.97 Å². The van der Waals surface area contributed by atoms with Crippen LogP contribution < -0.4 is 0 Å². The van der Waals surface area contributed by atoms with Gasteiger partial charge < -0.3 is 4.74 Å². The van der Waals surface area contributed by atoms with Gasteiger partial charge in [0.1, 0.15) is 6.10 Å². The first-order chi connectivity index (χ1) is 19.1. The summed E-state index contributed by atoms with van der Waals surface area (Å²) >= 11 is 0. The van der Waals surface area contributed by atoms with Gasteiger partial charge >= 0.3 is 5.97 Å². The second-order valence-electron chi connectivity index (χ2n) is 17.4. The van der Waals surface area contributed by atoms with Crippen LogP contribution in [0.2, 0.25) is 0 Å². The van der Waals surface area contributed by atoms with Crippen LogP contribution >= 0.6 is 0 Å². The molecule has 0 aliphatic heterocycles. The predicted molar refractivity (Wildman–Crippen MR) is 170 cm³/mol. The molecule has 4 saturated carbocycles. The van der Waals surface area contributed by atoms with Gasteiger partial charge in [-0.1, -0.05) is 84.7 Å². The fourth-order valence-corrected chi connectivity index (χ4v) is 12.2. The van der Waals surface area contributed by atoms with E-state index in [2.05, 4.69) is 74.5 Å². The second kappa shape index (κ2) is 9.46. The standard InChI is InChI=1S/C39H58O2/c1-24-11-12-26(3)28(23-24)34(40)41-32-17-19-37(8)30(35(32,5)6)16-20-39(10)31(37)14-13-29-33-27(4)25(2)15-18-36(33,7)21-22-38(29,39)9/h11-13,23,25,27,30-33H,14-22H2,1-10H3/t25-,27+,30+,31-,32+,33+,36-,37+,38-,39-/m1/s1. The van der Waals surface area contributed by atoms with Gasteiger partial charge in [0, 0.05) is 5.41 Å². The van der Waals surface area contributed by atoms with E-state index in [-0.39, 0.29) is 22.9 Å². The minimum Gasteiger partial charge on any atom is -0.458 e. The third kappa shape index (κ3) is 4.03. The Morgan fingerprint density at radius 2 is 1.59 bits per heavy atom. The van der Waals surface area contributed by atoms with E-state index in [0.29, 0.717) is 28.1 Å². The van der Waals surface area contributed by atoms with Crippen LogP contribution in [0.1, 0.15) is 135 Å². The fraction of sp³-hybridized carbons (Fsp3) is 0.769. The average molecular weight is 559 g/mol. The molecule has 4 fully saturated rings. The average Bonchev–Trinajstić information content (AvgIpc) is 2.90. The van der Waals surface area contributed by atoms with Crippen molar-refractivity contribution in [2.75, 3.05) is 0 Å². The molecule has 0 bridgehead atoms. The maximum Gasteiger partial charge on any atom is 0.338 e. The molecule has 226 valence electrons. The number of ether oxygens (including phenoxy) is 1. The Hall–Kier alpha value is -1.57. The van der Waals surface area contributed by atoms with Gasteiger partial charge in [0.2, 0.25) is 0 Å². The number of hydrogen-bond donors (Lipinski definition) is 0. The highest BCUT2D eigenvalue weighted by Crippen LogP contribution is 2.75. The van der Waals surface area contributed by atoms with Crippen LogP contribution in [0.5, 0.6) is 0 Å². The van der Waals surface area contributed by atoms with E-state index in [0.717, 1.165) is 40.9 Å². The summed E-state index contributed by atoms with van der Waals surface area (Å²) in [5, 5.41) is 0.